The van der Waals surface area contributed by atoms with Gasteiger partial charge in [-0.25, -0.2) is 0 Å². The second-order valence-corrected chi connectivity index (χ2v) is 5.68. The van der Waals surface area contributed by atoms with E-state index in [4.69, 9.17) is 4.42 Å². The highest BCUT2D eigenvalue weighted by Gasteiger charge is 2.18. The van der Waals surface area contributed by atoms with Crippen molar-refractivity contribution < 1.29 is 9.52 Å². The first-order chi connectivity index (χ1) is 7.99. The van der Waals surface area contributed by atoms with Crippen molar-refractivity contribution in [2.24, 2.45) is 0 Å². The van der Waals surface area contributed by atoms with Crippen LogP contribution in [0.2, 0.25) is 0 Å². The highest BCUT2D eigenvalue weighted by Crippen LogP contribution is 2.33. The Labute approximate surface area is 117 Å². The van der Waals surface area contributed by atoms with Gasteiger partial charge in [-0.3, -0.25) is 0 Å². The Balaban J connectivity index is 2.43. The summed E-state index contributed by atoms with van der Waals surface area (Å²) in [6.45, 7) is 3.86. The maximum absolute atomic E-state index is 10.3. The number of aliphatic hydroxyl groups is 1. The minimum Gasteiger partial charge on any atom is -0.463 e. The van der Waals surface area contributed by atoms with Crippen LogP contribution < -0.4 is 0 Å². The van der Waals surface area contributed by atoms with Gasteiger partial charge in [-0.1, -0.05) is 31.9 Å². The molecule has 1 unspecified atom stereocenters. The van der Waals surface area contributed by atoms with Gasteiger partial charge in [0.15, 0.2) is 0 Å². The van der Waals surface area contributed by atoms with Crippen LogP contribution in [0.25, 0.3) is 0 Å². The molecule has 2 nitrogen and oxygen atoms in total. The second-order valence-electron chi connectivity index (χ2n) is 3.97. The van der Waals surface area contributed by atoms with E-state index in [2.05, 4.69) is 31.9 Å². The van der Waals surface area contributed by atoms with Crippen molar-refractivity contribution in [3.05, 3.63) is 55.9 Å². The number of rotatable bonds is 2. The van der Waals surface area contributed by atoms with Gasteiger partial charge >= 0.3 is 0 Å². The average molecular weight is 360 g/mol. The summed E-state index contributed by atoms with van der Waals surface area (Å²) in [7, 11) is 0. The fraction of sp³-hybridized carbons (Fsp3) is 0.231. The van der Waals surface area contributed by atoms with Crippen LogP contribution in [0, 0.1) is 13.8 Å². The van der Waals surface area contributed by atoms with Crippen molar-refractivity contribution in [1.82, 2.24) is 0 Å². The number of halogens is 2. The van der Waals surface area contributed by atoms with Crippen molar-refractivity contribution in [2.75, 3.05) is 0 Å². The first kappa shape index (κ1) is 12.9. The molecule has 0 saturated carbocycles. The van der Waals surface area contributed by atoms with Gasteiger partial charge in [0, 0.05) is 14.5 Å². The summed E-state index contributed by atoms with van der Waals surface area (Å²) in [4.78, 5) is 0. The first-order valence-corrected chi connectivity index (χ1v) is 6.77. The molecule has 1 aromatic carbocycles. The molecule has 0 spiro atoms. The van der Waals surface area contributed by atoms with Gasteiger partial charge in [-0.2, -0.15) is 0 Å². The van der Waals surface area contributed by atoms with E-state index in [0.29, 0.717) is 5.76 Å². The molecule has 1 N–H and O–H groups in total. The summed E-state index contributed by atoms with van der Waals surface area (Å²) in [5.74, 6) is 1.35. The number of benzene rings is 1. The standard InChI is InChI=1S/C13H12Br2O2/c1-7-5-11(15)9(6-10(7)14)13(16)12-4-3-8(2)17-12/h3-6,13,16H,1-2H3. The molecule has 0 saturated heterocycles. The van der Waals surface area contributed by atoms with Gasteiger partial charge in [0.2, 0.25) is 0 Å². The molecule has 0 radical (unpaired) electrons. The normalized spacial score (nSPS) is 12.8. The van der Waals surface area contributed by atoms with Crippen LogP contribution in [0.5, 0.6) is 0 Å². The van der Waals surface area contributed by atoms with Crippen molar-refractivity contribution in [3.8, 4) is 0 Å². The summed E-state index contributed by atoms with van der Waals surface area (Å²) in [5.41, 5.74) is 1.90. The molecule has 0 bridgehead atoms. The quantitative estimate of drug-likeness (QED) is 0.856. The SMILES string of the molecule is Cc1ccc(C(O)c2cc(Br)c(C)cc2Br)o1. The predicted molar refractivity (Wildman–Crippen MR) is 74.1 cm³/mol. The van der Waals surface area contributed by atoms with Gasteiger partial charge in [0.1, 0.15) is 17.6 Å². The van der Waals surface area contributed by atoms with Crippen LogP contribution in [0.15, 0.2) is 37.6 Å². The zero-order valence-corrected chi connectivity index (χ0v) is 12.7. The molecule has 0 fully saturated rings. The van der Waals surface area contributed by atoms with E-state index in [1.807, 2.05) is 32.0 Å². The Morgan fingerprint density at radius 1 is 1.12 bits per heavy atom. The molecule has 0 aliphatic heterocycles. The lowest BCUT2D eigenvalue weighted by atomic mass is 10.1. The van der Waals surface area contributed by atoms with Crippen LogP contribution in [-0.4, -0.2) is 5.11 Å². The van der Waals surface area contributed by atoms with E-state index in [1.54, 1.807) is 6.07 Å². The minimum atomic E-state index is -0.755. The summed E-state index contributed by atoms with van der Waals surface area (Å²) < 4.78 is 7.28. The van der Waals surface area contributed by atoms with Crippen LogP contribution in [0.1, 0.15) is 28.8 Å². The maximum Gasteiger partial charge on any atom is 0.138 e. The van der Waals surface area contributed by atoms with Gasteiger partial charge in [0.05, 0.1) is 0 Å². The lowest BCUT2D eigenvalue weighted by molar-refractivity contribution is 0.187. The monoisotopic (exact) mass is 358 g/mol. The van der Waals surface area contributed by atoms with Crippen molar-refractivity contribution in [3.63, 3.8) is 0 Å². The van der Waals surface area contributed by atoms with Crippen LogP contribution in [0.3, 0.4) is 0 Å². The summed E-state index contributed by atoms with van der Waals surface area (Å²) in [6, 6.07) is 7.51. The van der Waals surface area contributed by atoms with Crippen LogP contribution >= 0.6 is 31.9 Å². The maximum atomic E-state index is 10.3. The highest BCUT2D eigenvalue weighted by molar-refractivity contribution is 9.11. The van der Waals surface area contributed by atoms with Crippen LogP contribution in [0.4, 0.5) is 0 Å². The fourth-order valence-corrected chi connectivity index (χ4v) is 2.66. The zero-order valence-electron chi connectivity index (χ0n) is 9.50. The Hall–Kier alpha value is -0.580. The molecule has 1 atom stereocenters. The molecule has 90 valence electrons. The van der Waals surface area contributed by atoms with E-state index < -0.39 is 6.10 Å². The minimum absolute atomic E-state index is 0.555. The van der Waals surface area contributed by atoms with Crippen molar-refractivity contribution in [2.45, 2.75) is 20.0 Å². The molecule has 1 aromatic heterocycles. The van der Waals surface area contributed by atoms with E-state index in [1.165, 1.54) is 0 Å². The Bertz CT molecular complexity index is 546. The third kappa shape index (κ3) is 2.64. The van der Waals surface area contributed by atoms with E-state index in [9.17, 15) is 5.11 Å². The molecule has 17 heavy (non-hydrogen) atoms. The second kappa shape index (κ2) is 4.96. The highest BCUT2D eigenvalue weighted by atomic mass is 79.9. The number of hydrogen-bond acceptors (Lipinski definition) is 2. The molecule has 0 amide bonds. The molecular weight excluding hydrogens is 348 g/mol. The van der Waals surface area contributed by atoms with Gasteiger partial charge in [-0.15, -0.1) is 0 Å². The average Bonchev–Trinajstić information content (AvgIpc) is 2.69. The Morgan fingerprint density at radius 2 is 1.82 bits per heavy atom. The summed E-state index contributed by atoms with van der Waals surface area (Å²) in [5, 5.41) is 10.3. The molecule has 4 heteroatoms. The summed E-state index contributed by atoms with van der Waals surface area (Å²) in [6.07, 6.45) is -0.755. The Morgan fingerprint density at radius 3 is 2.41 bits per heavy atom. The Kier molecular flexibility index (Phi) is 3.76. The number of hydrogen-bond donors (Lipinski definition) is 1. The van der Waals surface area contributed by atoms with Crippen LogP contribution in [-0.2, 0) is 0 Å². The molecule has 2 rings (SSSR count). The third-order valence-corrected chi connectivity index (χ3v) is 4.14. The van der Waals surface area contributed by atoms with E-state index in [-0.39, 0.29) is 0 Å². The topological polar surface area (TPSA) is 33.4 Å². The number of furan rings is 1. The molecule has 1 heterocycles. The zero-order chi connectivity index (χ0) is 12.6. The molecular formula is C13H12Br2O2. The first-order valence-electron chi connectivity index (χ1n) is 5.19. The van der Waals surface area contributed by atoms with E-state index >= 15 is 0 Å². The van der Waals surface area contributed by atoms with Gasteiger partial charge in [0.25, 0.3) is 0 Å². The van der Waals surface area contributed by atoms with Crippen molar-refractivity contribution in [1.29, 1.82) is 0 Å². The molecule has 2 aromatic rings. The van der Waals surface area contributed by atoms with Crippen molar-refractivity contribution >= 4 is 31.9 Å². The predicted octanol–water partition coefficient (Wildman–Crippen LogP) is 4.50. The fourth-order valence-electron chi connectivity index (χ4n) is 1.62. The van der Waals surface area contributed by atoms with E-state index in [0.717, 1.165) is 25.8 Å². The summed E-state index contributed by atoms with van der Waals surface area (Å²) >= 11 is 6.93. The van der Waals surface area contributed by atoms with Gasteiger partial charge in [-0.05, 0) is 43.7 Å². The molecule has 0 aliphatic rings. The third-order valence-electron chi connectivity index (χ3n) is 2.60. The lowest BCUT2D eigenvalue weighted by Gasteiger charge is -2.12. The smallest absolute Gasteiger partial charge is 0.138 e. The molecule has 0 aliphatic carbocycles. The largest absolute Gasteiger partial charge is 0.463 e. The van der Waals surface area contributed by atoms with Gasteiger partial charge < -0.3 is 9.52 Å². The number of aliphatic hydroxyl groups excluding tert-OH is 1. The number of aryl methyl sites for hydroxylation is 2. The lowest BCUT2D eigenvalue weighted by Crippen LogP contribution is -2.00.